The molecule has 0 bridgehead atoms. The summed E-state index contributed by atoms with van der Waals surface area (Å²) in [5, 5.41) is 7.97. The maximum absolute atomic E-state index is 12.0. The fraction of sp³-hybridized carbons (Fsp3) is 0.310. The molecule has 0 spiro atoms. The van der Waals surface area contributed by atoms with Gasteiger partial charge in [-0.15, -0.1) is 0 Å². The quantitative estimate of drug-likeness (QED) is 0.126. The van der Waals surface area contributed by atoms with E-state index in [-0.39, 0.29) is 11.8 Å². The lowest BCUT2D eigenvalue weighted by molar-refractivity contribution is -0.121. The number of hydrogen-bond acceptors (Lipinski definition) is 8. The van der Waals surface area contributed by atoms with Crippen molar-refractivity contribution in [1.29, 1.82) is 0 Å². The molecule has 39 heavy (non-hydrogen) atoms. The molecule has 2 aromatic carbocycles. The van der Waals surface area contributed by atoms with Gasteiger partial charge in [-0.1, -0.05) is 31.7 Å². The van der Waals surface area contributed by atoms with Gasteiger partial charge in [0.25, 0.3) is 0 Å². The minimum absolute atomic E-state index is 0.199. The Bertz CT molecular complexity index is 1070. The van der Waals surface area contributed by atoms with Gasteiger partial charge in [0.2, 0.25) is 11.8 Å². The molecule has 0 aliphatic carbocycles. The van der Waals surface area contributed by atoms with Crippen LogP contribution in [-0.2, 0) is 9.59 Å². The van der Waals surface area contributed by atoms with Crippen LogP contribution in [0.25, 0.3) is 0 Å². The summed E-state index contributed by atoms with van der Waals surface area (Å²) in [6.45, 7) is 7.98. The lowest BCUT2D eigenvalue weighted by atomic mass is 10.1. The average Bonchev–Trinajstić information content (AvgIpc) is 2.95. The van der Waals surface area contributed by atoms with E-state index in [9.17, 15) is 9.59 Å². The second kappa shape index (κ2) is 17.8. The molecule has 0 fully saturated rings. The molecule has 0 unspecified atom stereocenters. The third kappa shape index (κ3) is 11.5. The molecule has 2 aromatic rings. The SMILES string of the molecule is C=CCOc1ccc(/C=N\NC(=O)CCCCCC(=O)N/N=C\c2ccc(OCC=C)c(OC)c2)cc1OC. The van der Waals surface area contributed by atoms with Crippen molar-refractivity contribution in [2.24, 2.45) is 10.2 Å². The minimum atomic E-state index is -0.199. The summed E-state index contributed by atoms with van der Waals surface area (Å²) in [5.74, 6) is 1.92. The van der Waals surface area contributed by atoms with Crippen LogP contribution in [0.2, 0.25) is 0 Å². The fourth-order valence-electron chi connectivity index (χ4n) is 3.28. The summed E-state index contributed by atoms with van der Waals surface area (Å²) in [7, 11) is 3.10. The standard InChI is InChI=1S/C29H36N4O6/c1-5-16-38-24-14-12-22(18-26(24)36-3)20-30-32-28(34)10-8-7-9-11-29(35)33-31-21-23-13-15-25(39-17-6-2)27(19-23)37-4/h5-6,12-15,18-21H,1-2,7-11,16-17H2,3-4H3,(H,32,34)(H,33,35)/b30-20-,31-21-. The van der Waals surface area contributed by atoms with E-state index in [4.69, 9.17) is 18.9 Å². The largest absolute Gasteiger partial charge is 0.493 e. The Morgan fingerprint density at radius 1 is 0.718 bits per heavy atom. The van der Waals surface area contributed by atoms with Crippen molar-refractivity contribution >= 4 is 24.2 Å². The Morgan fingerprint density at radius 2 is 1.15 bits per heavy atom. The number of carbonyl (C=O) groups is 2. The first-order chi connectivity index (χ1) is 19.0. The van der Waals surface area contributed by atoms with Gasteiger partial charge in [-0.05, 0) is 60.4 Å². The first-order valence-electron chi connectivity index (χ1n) is 12.5. The van der Waals surface area contributed by atoms with Crippen LogP contribution in [0.1, 0.15) is 43.2 Å². The van der Waals surface area contributed by atoms with E-state index in [1.54, 1.807) is 62.8 Å². The predicted molar refractivity (Wildman–Crippen MR) is 152 cm³/mol. The van der Waals surface area contributed by atoms with Crippen molar-refractivity contribution in [2.45, 2.75) is 32.1 Å². The molecule has 0 aromatic heterocycles. The average molecular weight is 537 g/mol. The Balaban J connectivity index is 1.64. The maximum atomic E-state index is 12.0. The number of benzene rings is 2. The van der Waals surface area contributed by atoms with Crippen molar-refractivity contribution in [1.82, 2.24) is 10.9 Å². The monoisotopic (exact) mass is 536 g/mol. The lowest BCUT2D eigenvalue weighted by Gasteiger charge is -2.09. The zero-order valence-corrected chi connectivity index (χ0v) is 22.5. The molecule has 0 aliphatic heterocycles. The van der Waals surface area contributed by atoms with E-state index in [0.717, 1.165) is 17.5 Å². The van der Waals surface area contributed by atoms with Gasteiger partial charge in [-0.25, -0.2) is 10.9 Å². The van der Waals surface area contributed by atoms with Crippen LogP contribution < -0.4 is 29.8 Å². The normalized spacial score (nSPS) is 10.7. The van der Waals surface area contributed by atoms with Gasteiger partial charge in [-0.3, -0.25) is 9.59 Å². The molecule has 0 atom stereocenters. The maximum Gasteiger partial charge on any atom is 0.240 e. The van der Waals surface area contributed by atoms with E-state index >= 15 is 0 Å². The third-order valence-electron chi connectivity index (χ3n) is 5.20. The highest BCUT2D eigenvalue weighted by molar-refractivity contribution is 5.84. The zero-order valence-electron chi connectivity index (χ0n) is 22.5. The van der Waals surface area contributed by atoms with E-state index in [2.05, 4.69) is 34.2 Å². The number of amides is 2. The van der Waals surface area contributed by atoms with Crippen LogP contribution in [0.3, 0.4) is 0 Å². The zero-order chi connectivity index (χ0) is 28.3. The summed E-state index contributed by atoms with van der Waals surface area (Å²) in [5.41, 5.74) is 6.52. The van der Waals surface area contributed by atoms with E-state index in [1.165, 1.54) is 12.4 Å². The molecule has 2 amide bonds. The molecule has 10 nitrogen and oxygen atoms in total. The van der Waals surface area contributed by atoms with Gasteiger partial charge in [0.05, 0.1) is 26.6 Å². The fourth-order valence-corrected chi connectivity index (χ4v) is 3.28. The number of nitrogens with one attached hydrogen (secondary N) is 2. The Morgan fingerprint density at radius 3 is 1.54 bits per heavy atom. The Hall–Kier alpha value is -4.60. The van der Waals surface area contributed by atoms with Crippen molar-refractivity contribution in [3.05, 3.63) is 72.8 Å². The van der Waals surface area contributed by atoms with E-state index in [0.29, 0.717) is 61.9 Å². The highest BCUT2D eigenvalue weighted by atomic mass is 16.5. The van der Waals surface area contributed by atoms with Crippen LogP contribution >= 0.6 is 0 Å². The molecule has 2 rings (SSSR count). The summed E-state index contributed by atoms with van der Waals surface area (Å²) >= 11 is 0. The first-order valence-corrected chi connectivity index (χ1v) is 12.5. The van der Waals surface area contributed by atoms with Crippen LogP contribution in [0.5, 0.6) is 23.0 Å². The van der Waals surface area contributed by atoms with Gasteiger partial charge >= 0.3 is 0 Å². The molecule has 208 valence electrons. The first kappa shape index (κ1) is 30.6. The van der Waals surface area contributed by atoms with Crippen molar-refractivity contribution in [2.75, 3.05) is 27.4 Å². The molecule has 2 N–H and O–H groups in total. The topological polar surface area (TPSA) is 120 Å². The predicted octanol–water partition coefficient (Wildman–Crippen LogP) is 4.38. The number of hydrogen-bond donors (Lipinski definition) is 2. The molecule has 0 radical (unpaired) electrons. The van der Waals surface area contributed by atoms with Gasteiger partial charge in [0, 0.05) is 12.8 Å². The molecule has 0 saturated carbocycles. The molecule has 0 saturated heterocycles. The molecule has 10 heteroatoms. The minimum Gasteiger partial charge on any atom is -0.493 e. The molecule has 0 heterocycles. The summed E-state index contributed by atoms with van der Waals surface area (Å²) in [4.78, 5) is 24.0. The number of rotatable bonds is 18. The second-order valence-corrected chi connectivity index (χ2v) is 8.17. The smallest absolute Gasteiger partial charge is 0.240 e. The van der Waals surface area contributed by atoms with Crippen molar-refractivity contribution in [3.63, 3.8) is 0 Å². The number of carbonyl (C=O) groups excluding carboxylic acids is 2. The summed E-state index contributed by atoms with van der Waals surface area (Å²) in [6, 6.07) is 10.7. The molecule has 0 aliphatic rings. The molecular formula is C29H36N4O6. The highest BCUT2D eigenvalue weighted by Crippen LogP contribution is 2.28. The number of ether oxygens (including phenoxy) is 4. The van der Waals surface area contributed by atoms with Gasteiger partial charge < -0.3 is 18.9 Å². The van der Waals surface area contributed by atoms with Crippen molar-refractivity contribution < 1.29 is 28.5 Å². The van der Waals surface area contributed by atoms with E-state index in [1.807, 2.05) is 0 Å². The molecular weight excluding hydrogens is 500 g/mol. The van der Waals surface area contributed by atoms with Gasteiger partial charge in [0.1, 0.15) is 13.2 Å². The van der Waals surface area contributed by atoms with Crippen molar-refractivity contribution in [3.8, 4) is 23.0 Å². The number of unbranched alkanes of at least 4 members (excludes halogenated alkanes) is 2. The summed E-state index contributed by atoms with van der Waals surface area (Å²) in [6.07, 6.45) is 8.98. The third-order valence-corrected chi connectivity index (χ3v) is 5.20. The van der Waals surface area contributed by atoms with E-state index < -0.39 is 0 Å². The second-order valence-electron chi connectivity index (χ2n) is 8.17. The number of nitrogens with zero attached hydrogens (tertiary/aromatic N) is 2. The number of methoxy groups -OCH3 is 2. The highest BCUT2D eigenvalue weighted by Gasteiger charge is 2.06. The Labute approximate surface area is 229 Å². The Kier molecular flexibility index (Phi) is 14.0. The number of hydrazone groups is 2. The van der Waals surface area contributed by atoms with Crippen LogP contribution in [-0.4, -0.2) is 51.7 Å². The lowest BCUT2D eigenvalue weighted by Crippen LogP contribution is -2.18. The van der Waals surface area contributed by atoms with Gasteiger partial charge in [0.15, 0.2) is 23.0 Å². The van der Waals surface area contributed by atoms with Crippen LogP contribution in [0, 0.1) is 0 Å². The summed E-state index contributed by atoms with van der Waals surface area (Å²) < 4.78 is 21.7. The van der Waals surface area contributed by atoms with Crippen LogP contribution in [0.15, 0.2) is 71.9 Å². The van der Waals surface area contributed by atoms with Crippen LogP contribution in [0.4, 0.5) is 0 Å². The van der Waals surface area contributed by atoms with Gasteiger partial charge in [-0.2, -0.15) is 10.2 Å².